The molecule has 0 fully saturated rings. The van der Waals surface area contributed by atoms with Crippen LogP contribution < -0.4 is 16.9 Å². The fourth-order valence-electron chi connectivity index (χ4n) is 1.30. The Kier molecular flexibility index (Phi) is 6.64. The summed E-state index contributed by atoms with van der Waals surface area (Å²) in [7, 11) is 1.61. The summed E-state index contributed by atoms with van der Waals surface area (Å²) in [6, 6.07) is -0.667. The summed E-state index contributed by atoms with van der Waals surface area (Å²) >= 11 is 0. The zero-order valence-electron chi connectivity index (χ0n) is 11.5. The number of nitrogens with two attached hydrogens (primary N) is 2. The van der Waals surface area contributed by atoms with Crippen LogP contribution in [0.25, 0.3) is 0 Å². The predicted octanol–water partition coefficient (Wildman–Crippen LogP) is 0.298. The molecule has 5 N–H and O–H groups in total. The van der Waals surface area contributed by atoms with Crippen molar-refractivity contribution in [3.63, 3.8) is 0 Å². The molecule has 7 heteroatoms. The number of primary amides is 1. The van der Waals surface area contributed by atoms with Crippen LogP contribution in [0.4, 0.5) is 4.79 Å². The van der Waals surface area contributed by atoms with Crippen LogP contribution in [-0.2, 0) is 9.53 Å². The summed E-state index contributed by atoms with van der Waals surface area (Å²) in [5.74, 6) is -0.250. The Balaban J connectivity index is 3.83. The number of hydrogen-bond acceptors (Lipinski definition) is 5. The maximum Gasteiger partial charge on any atom is 0.326 e. The van der Waals surface area contributed by atoms with Gasteiger partial charge in [0.05, 0.1) is 6.17 Å². The first-order valence-corrected chi connectivity index (χ1v) is 5.88. The molecule has 18 heavy (non-hydrogen) atoms. The molecule has 2 amide bonds. The van der Waals surface area contributed by atoms with Crippen LogP contribution in [0.3, 0.4) is 0 Å². The minimum absolute atomic E-state index is 0.250. The van der Waals surface area contributed by atoms with Gasteiger partial charge in [0, 0.05) is 13.5 Å². The zero-order chi connectivity index (χ0) is 14.3. The van der Waals surface area contributed by atoms with Crippen LogP contribution in [0, 0.1) is 0 Å². The summed E-state index contributed by atoms with van der Waals surface area (Å²) in [6.07, 6.45) is 1.05. The summed E-state index contributed by atoms with van der Waals surface area (Å²) < 4.78 is 5.16. The van der Waals surface area contributed by atoms with Crippen molar-refractivity contribution in [2.24, 2.45) is 11.5 Å². The molecular formula is C11H24N4O3. The highest BCUT2D eigenvalue weighted by Gasteiger charge is 2.17. The van der Waals surface area contributed by atoms with Gasteiger partial charge in [-0.05, 0) is 33.6 Å². The van der Waals surface area contributed by atoms with E-state index in [1.807, 2.05) is 20.8 Å². The molecule has 0 aromatic carbocycles. The molecule has 0 spiro atoms. The number of nitrogens with zero attached hydrogens (tertiary/aromatic N) is 1. The van der Waals surface area contributed by atoms with Gasteiger partial charge in [0.15, 0.2) is 0 Å². The number of nitrogens with one attached hydrogen (secondary N) is 1. The molecular weight excluding hydrogens is 236 g/mol. The highest BCUT2D eigenvalue weighted by Crippen LogP contribution is 2.10. The van der Waals surface area contributed by atoms with E-state index < -0.39 is 11.6 Å². The fourth-order valence-corrected chi connectivity index (χ4v) is 1.30. The molecule has 0 radical (unpaired) electrons. The van der Waals surface area contributed by atoms with Gasteiger partial charge in [-0.3, -0.25) is 10.2 Å². The third-order valence-corrected chi connectivity index (χ3v) is 2.08. The molecule has 0 aliphatic carbocycles. The van der Waals surface area contributed by atoms with E-state index >= 15 is 0 Å². The summed E-state index contributed by atoms with van der Waals surface area (Å²) in [5.41, 5.74) is 12.6. The van der Waals surface area contributed by atoms with E-state index in [0.29, 0.717) is 19.3 Å². The summed E-state index contributed by atoms with van der Waals surface area (Å²) in [5, 5.41) is 1.41. The molecule has 7 nitrogen and oxygen atoms in total. The minimum Gasteiger partial charge on any atom is -0.460 e. The van der Waals surface area contributed by atoms with E-state index in [9.17, 15) is 9.59 Å². The monoisotopic (exact) mass is 260 g/mol. The molecule has 0 aromatic heterocycles. The Morgan fingerprint density at radius 2 is 1.94 bits per heavy atom. The van der Waals surface area contributed by atoms with E-state index in [1.165, 1.54) is 5.01 Å². The van der Waals surface area contributed by atoms with Crippen LogP contribution in [0.5, 0.6) is 0 Å². The van der Waals surface area contributed by atoms with Crippen LogP contribution in [0.15, 0.2) is 0 Å². The number of amides is 2. The lowest BCUT2D eigenvalue weighted by Gasteiger charge is -2.24. The van der Waals surface area contributed by atoms with Crippen molar-refractivity contribution in [2.75, 3.05) is 7.05 Å². The second-order valence-electron chi connectivity index (χ2n) is 5.13. The highest BCUT2D eigenvalue weighted by molar-refractivity contribution is 5.71. The van der Waals surface area contributed by atoms with Gasteiger partial charge in [-0.25, -0.2) is 9.80 Å². The Morgan fingerprint density at radius 1 is 1.39 bits per heavy atom. The number of esters is 1. The van der Waals surface area contributed by atoms with Crippen molar-refractivity contribution in [2.45, 2.75) is 51.8 Å². The van der Waals surface area contributed by atoms with Crippen molar-refractivity contribution in [3.8, 4) is 0 Å². The lowest BCUT2D eigenvalue weighted by Crippen LogP contribution is -2.51. The van der Waals surface area contributed by atoms with E-state index in [0.717, 1.165) is 0 Å². The van der Waals surface area contributed by atoms with Crippen molar-refractivity contribution in [1.29, 1.82) is 0 Å². The standard InChI is InChI=1S/C11H24N4O3/c1-11(2,3)18-9(16)7-5-6-8(12)15(4)14-10(13)17/h8H,5-7,12H2,1-4H3,(H3,13,14,17). The van der Waals surface area contributed by atoms with Crippen LogP contribution >= 0.6 is 0 Å². The first-order chi connectivity index (χ1) is 8.11. The molecule has 0 aromatic rings. The van der Waals surface area contributed by atoms with Gasteiger partial charge >= 0.3 is 12.0 Å². The summed E-state index contributed by atoms with van der Waals surface area (Å²) in [6.45, 7) is 5.46. The number of carbonyl (C=O) groups is 2. The lowest BCUT2D eigenvalue weighted by atomic mass is 10.1. The smallest absolute Gasteiger partial charge is 0.326 e. The van der Waals surface area contributed by atoms with Crippen LogP contribution in [0.2, 0.25) is 0 Å². The Hall–Kier alpha value is -1.34. The maximum atomic E-state index is 11.4. The van der Waals surface area contributed by atoms with Crippen molar-refractivity contribution in [3.05, 3.63) is 0 Å². The summed E-state index contributed by atoms with van der Waals surface area (Å²) in [4.78, 5) is 22.0. The molecule has 0 rings (SSSR count). The number of hydrazine groups is 1. The van der Waals surface area contributed by atoms with Gasteiger partial charge < -0.3 is 16.2 Å². The minimum atomic E-state index is -0.667. The highest BCUT2D eigenvalue weighted by atomic mass is 16.6. The van der Waals surface area contributed by atoms with E-state index in [2.05, 4.69) is 5.43 Å². The van der Waals surface area contributed by atoms with Gasteiger partial charge in [-0.1, -0.05) is 0 Å². The number of hydrogen-bond donors (Lipinski definition) is 3. The Bertz CT molecular complexity index is 289. The van der Waals surface area contributed by atoms with Gasteiger partial charge in [0.1, 0.15) is 5.60 Å². The number of carbonyl (C=O) groups excluding carboxylic acids is 2. The molecule has 0 heterocycles. The van der Waals surface area contributed by atoms with Gasteiger partial charge in [-0.2, -0.15) is 0 Å². The van der Waals surface area contributed by atoms with Crippen molar-refractivity contribution in [1.82, 2.24) is 10.4 Å². The van der Waals surface area contributed by atoms with Gasteiger partial charge in [0.25, 0.3) is 0 Å². The molecule has 0 aliphatic heterocycles. The fraction of sp³-hybridized carbons (Fsp3) is 0.818. The van der Waals surface area contributed by atoms with Crippen molar-refractivity contribution < 1.29 is 14.3 Å². The first kappa shape index (κ1) is 16.7. The number of ether oxygens (including phenoxy) is 1. The van der Waals surface area contributed by atoms with Gasteiger partial charge in [0.2, 0.25) is 0 Å². The average molecular weight is 260 g/mol. The van der Waals surface area contributed by atoms with Gasteiger partial charge in [-0.15, -0.1) is 0 Å². The number of urea groups is 1. The Labute approximate surface area is 108 Å². The molecule has 1 atom stereocenters. The molecule has 106 valence electrons. The van der Waals surface area contributed by atoms with Crippen molar-refractivity contribution >= 4 is 12.0 Å². The van der Waals surface area contributed by atoms with E-state index in [4.69, 9.17) is 16.2 Å². The Morgan fingerprint density at radius 3 is 2.39 bits per heavy atom. The maximum absolute atomic E-state index is 11.4. The molecule has 1 unspecified atom stereocenters. The lowest BCUT2D eigenvalue weighted by molar-refractivity contribution is -0.155. The quantitative estimate of drug-likeness (QED) is 0.361. The number of rotatable bonds is 6. The van der Waals surface area contributed by atoms with E-state index in [-0.39, 0.29) is 12.1 Å². The normalized spacial score (nSPS) is 13.2. The molecule has 0 saturated heterocycles. The zero-order valence-corrected chi connectivity index (χ0v) is 11.5. The van der Waals surface area contributed by atoms with Crippen LogP contribution in [0.1, 0.15) is 40.0 Å². The predicted molar refractivity (Wildman–Crippen MR) is 68.2 cm³/mol. The molecule has 0 aliphatic rings. The van der Waals surface area contributed by atoms with Crippen LogP contribution in [-0.4, -0.2) is 35.8 Å². The third-order valence-electron chi connectivity index (χ3n) is 2.08. The topological polar surface area (TPSA) is 111 Å². The third kappa shape index (κ3) is 8.77. The second-order valence-corrected chi connectivity index (χ2v) is 5.13. The second kappa shape index (κ2) is 7.17. The first-order valence-electron chi connectivity index (χ1n) is 5.88. The molecule has 0 saturated carbocycles. The molecule has 0 bridgehead atoms. The van der Waals surface area contributed by atoms with E-state index in [1.54, 1.807) is 7.05 Å². The average Bonchev–Trinajstić information content (AvgIpc) is 2.13. The largest absolute Gasteiger partial charge is 0.460 e. The SMILES string of the molecule is CN(NC(N)=O)C(N)CCCC(=O)OC(C)(C)C.